The van der Waals surface area contributed by atoms with Crippen molar-refractivity contribution >= 4 is 21.2 Å². The molecule has 0 spiro atoms. The second-order valence-electron chi connectivity index (χ2n) is 5.41. The topological polar surface area (TPSA) is 46.2 Å². The minimum Gasteiger partial charge on any atom is -0.316 e. The summed E-state index contributed by atoms with van der Waals surface area (Å²) in [6.07, 6.45) is 2.97. The first-order valence-electron chi connectivity index (χ1n) is 7.04. The first kappa shape index (κ1) is 15.0. The molecule has 1 aliphatic heterocycles. The molecule has 2 rings (SSSR count). The number of thiophene rings is 1. The van der Waals surface area contributed by atoms with Crippen LogP contribution >= 0.6 is 11.3 Å². The van der Waals surface area contributed by atoms with Gasteiger partial charge in [0.05, 0.1) is 11.5 Å². The van der Waals surface area contributed by atoms with Crippen LogP contribution in [-0.2, 0) is 16.3 Å². The van der Waals surface area contributed by atoms with E-state index in [1.807, 2.05) is 0 Å². The summed E-state index contributed by atoms with van der Waals surface area (Å²) in [5.41, 5.74) is 0. The minimum absolute atomic E-state index is 0.330. The molecule has 0 aromatic carbocycles. The lowest BCUT2D eigenvalue weighted by atomic mass is 9.88. The highest BCUT2D eigenvalue weighted by atomic mass is 32.2. The summed E-state index contributed by atoms with van der Waals surface area (Å²) >= 11 is 1.77. The normalized spacial score (nSPS) is 23.5. The molecule has 108 valence electrons. The molecule has 1 aromatic heterocycles. The van der Waals surface area contributed by atoms with Gasteiger partial charge in [-0.05, 0) is 55.6 Å². The van der Waals surface area contributed by atoms with Crippen molar-refractivity contribution < 1.29 is 8.42 Å². The Morgan fingerprint density at radius 1 is 1.53 bits per heavy atom. The smallest absolute Gasteiger partial charge is 0.150 e. The number of hydrogen-bond acceptors (Lipinski definition) is 4. The molecule has 1 N–H and O–H groups in total. The Balaban J connectivity index is 1.97. The van der Waals surface area contributed by atoms with Gasteiger partial charge in [0.15, 0.2) is 9.84 Å². The molecule has 2 unspecified atom stereocenters. The molecule has 0 aliphatic carbocycles. The van der Waals surface area contributed by atoms with Crippen molar-refractivity contribution in [3.8, 4) is 0 Å². The van der Waals surface area contributed by atoms with Crippen LogP contribution in [0.5, 0.6) is 0 Å². The Kier molecular flexibility index (Phi) is 5.42. The molecule has 0 radical (unpaired) electrons. The van der Waals surface area contributed by atoms with Gasteiger partial charge in [0.1, 0.15) is 0 Å². The predicted octanol–water partition coefficient (Wildman–Crippen LogP) is 2.34. The van der Waals surface area contributed by atoms with Crippen molar-refractivity contribution in [1.82, 2.24) is 5.32 Å². The zero-order valence-corrected chi connectivity index (χ0v) is 13.1. The van der Waals surface area contributed by atoms with Crippen LogP contribution in [0.25, 0.3) is 0 Å². The maximum absolute atomic E-state index is 11.7. The fourth-order valence-corrected chi connectivity index (χ4v) is 5.47. The SMILES string of the molecule is CCCNCC(Cc1cccs1)C1CCS(=O)(=O)C1. The van der Waals surface area contributed by atoms with Crippen LogP contribution < -0.4 is 5.32 Å². The quantitative estimate of drug-likeness (QED) is 0.786. The Hall–Kier alpha value is -0.390. The lowest BCUT2D eigenvalue weighted by molar-refractivity contribution is 0.345. The van der Waals surface area contributed by atoms with Gasteiger partial charge in [0.2, 0.25) is 0 Å². The summed E-state index contributed by atoms with van der Waals surface area (Å²) < 4.78 is 23.3. The Labute approximate surface area is 120 Å². The second-order valence-corrected chi connectivity index (χ2v) is 8.67. The van der Waals surface area contributed by atoms with Crippen LogP contribution in [0.3, 0.4) is 0 Å². The van der Waals surface area contributed by atoms with E-state index in [0.717, 1.165) is 32.4 Å². The molecule has 1 fully saturated rings. The van der Waals surface area contributed by atoms with Crippen LogP contribution in [0.4, 0.5) is 0 Å². The number of nitrogens with one attached hydrogen (secondary N) is 1. The Morgan fingerprint density at radius 2 is 2.37 bits per heavy atom. The lowest BCUT2D eigenvalue weighted by Crippen LogP contribution is -2.31. The molecule has 2 atom stereocenters. The summed E-state index contributed by atoms with van der Waals surface area (Å²) in [7, 11) is -2.77. The number of hydrogen-bond donors (Lipinski definition) is 1. The van der Waals surface area contributed by atoms with E-state index in [0.29, 0.717) is 23.3 Å². The van der Waals surface area contributed by atoms with Crippen molar-refractivity contribution in [2.24, 2.45) is 11.8 Å². The fourth-order valence-electron chi connectivity index (χ4n) is 2.75. The average molecular weight is 301 g/mol. The van der Waals surface area contributed by atoms with Crippen LogP contribution in [0, 0.1) is 11.8 Å². The first-order chi connectivity index (χ1) is 9.11. The van der Waals surface area contributed by atoms with Gasteiger partial charge in [-0.15, -0.1) is 11.3 Å². The monoisotopic (exact) mass is 301 g/mol. The average Bonchev–Trinajstić information content (AvgIpc) is 2.97. The minimum atomic E-state index is -2.77. The van der Waals surface area contributed by atoms with E-state index in [9.17, 15) is 8.42 Å². The van der Waals surface area contributed by atoms with Gasteiger partial charge < -0.3 is 5.32 Å². The standard InChI is InChI=1S/C14H23NO2S2/c1-2-6-15-10-13(9-14-4-3-7-18-14)12-5-8-19(16,17)11-12/h3-4,7,12-13,15H,2,5-6,8-11H2,1H3. The summed E-state index contributed by atoms with van der Waals surface area (Å²) in [6, 6.07) is 4.23. The number of sulfone groups is 1. The van der Waals surface area contributed by atoms with Crippen molar-refractivity contribution in [3.05, 3.63) is 22.4 Å². The molecule has 0 bridgehead atoms. The third-order valence-corrected chi connectivity index (χ3v) is 6.50. The van der Waals surface area contributed by atoms with Gasteiger partial charge >= 0.3 is 0 Å². The zero-order valence-electron chi connectivity index (χ0n) is 11.5. The van der Waals surface area contributed by atoms with E-state index >= 15 is 0 Å². The predicted molar refractivity (Wildman–Crippen MR) is 81.4 cm³/mol. The largest absolute Gasteiger partial charge is 0.316 e. The highest BCUT2D eigenvalue weighted by molar-refractivity contribution is 7.91. The first-order valence-corrected chi connectivity index (χ1v) is 9.74. The van der Waals surface area contributed by atoms with Gasteiger partial charge in [0, 0.05) is 4.88 Å². The van der Waals surface area contributed by atoms with Crippen LogP contribution in [0.1, 0.15) is 24.6 Å². The van der Waals surface area contributed by atoms with Gasteiger partial charge in [-0.2, -0.15) is 0 Å². The van der Waals surface area contributed by atoms with E-state index in [-0.39, 0.29) is 0 Å². The van der Waals surface area contributed by atoms with E-state index in [4.69, 9.17) is 0 Å². The molecule has 0 amide bonds. The molecule has 3 nitrogen and oxygen atoms in total. The Morgan fingerprint density at radius 3 is 2.95 bits per heavy atom. The molecule has 19 heavy (non-hydrogen) atoms. The molecular weight excluding hydrogens is 278 g/mol. The van der Waals surface area contributed by atoms with Gasteiger partial charge in [-0.25, -0.2) is 8.42 Å². The van der Waals surface area contributed by atoms with Gasteiger partial charge in [-0.1, -0.05) is 13.0 Å². The highest BCUT2D eigenvalue weighted by Crippen LogP contribution is 2.29. The van der Waals surface area contributed by atoms with Crippen LogP contribution in [0.2, 0.25) is 0 Å². The zero-order chi connectivity index (χ0) is 13.7. The van der Waals surface area contributed by atoms with E-state index in [2.05, 4.69) is 29.8 Å². The van der Waals surface area contributed by atoms with E-state index in [1.165, 1.54) is 4.88 Å². The van der Waals surface area contributed by atoms with Gasteiger partial charge in [0.25, 0.3) is 0 Å². The number of rotatable bonds is 7. The summed E-state index contributed by atoms with van der Waals surface area (Å²) in [4.78, 5) is 1.37. The third kappa shape index (κ3) is 4.58. The molecule has 1 aliphatic rings. The highest BCUT2D eigenvalue weighted by Gasteiger charge is 2.33. The molecule has 2 heterocycles. The van der Waals surface area contributed by atoms with Crippen LogP contribution in [0.15, 0.2) is 17.5 Å². The van der Waals surface area contributed by atoms with Crippen molar-refractivity contribution in [3.63, 3.8) is 0 Å². The summed E-state index contributed by atoms with van der Waals surface area (Å²) in [5.74, 6) is 1.54. The lowest BCUT2D eigenvalue weighted by Gasteiger charge is -2.22. The Bertz CT molecular complexity index is 468. The van der Waals surface area contributed by atoms with Crippen LogP contribution in [-0.4, -0.2) is 33.0 Å². The molecule has 5 heteroatoms. The second kappa shape index (κ2) is 6.86. The molecule has 0 saturated carbocycles. The summed E-state index contributed by atoms with van der Waals surface area (Å²) in [6.45, 7) is 4.10. The van der Waals surface area contributed by atoms with Crippen molar-refractivity contribution in [2.45, 2.75) is 26.2 Å². The molecular formula is C14H23NO2S2. The molecule has 1 aromatic rings. The van der Waals surface area contributed by atoms with Gasteiger partial charge in [-0.3, -0.25) is 0 Å². The van der Waals surface area contributed by atoms with Crippen molar-refractivity contribution in [1.29, 1.82) is 0 Å². The maximum atomic E-state index is 11.7. The van der Waals surface area contributed by atoms with E-state index < -0.39 is 9.84 Å². The van der Waals surface area contributed by atoms with E-state index in [1.54, 1.807) is 11.3 Å². The maximum Gasteiger partial charge on any atom is 0.150 e. The summed E-state index contributed by atoms with van der Waals surface area (Å²) in [5, 5.41) is 5.56. The molecule has 1 saturated heterocycles. The van der Waals surface area contributed by atoms with Crippen molar-refractivity contribution in [2.75, 3.05) is 24.6 Å². The fraction of sp³-hybridized carbons (Fsp3) is 0.714. The third-order valence-electron chi connectivity index (χ3n) is 3.81.